The Morgan fingerprint density at radius 1 is 1.10 bits per heavy atom. The smallest absolute Gasteiger partial charge is 0.375 e. The van der Waals surface area contributed by atoms with Gasteiger partial charge < -0.3 is 29.2 Å². The van der Waals surface area contributed by atoms with Crippen LogP contribution in [0.2, 0.25) is 0 Å². The molecule has 5 heterocycles. The molecular weight excluding hydrogens is 777 g/mol. The van der Waals surface area contributed by atoms with Gasteiger partial charge in [-0.2, -0.15) is 0 Å². The average molecular weight is 807 g/mol. The summed E-state index contributed by atoms with van der Waals surface area (Å²) in [5, 5.41) is 22.7. The molecule has 0 aliphatic carbocycles. The third-order valence-electron chi connectivity index (χ3n) is 9.29. The van der Waals surface area contributed by atoms with Crippen LogP contribution in [0.15, 0.2) is 6.07 Å². The SMILES string of the molecule is [Ac].[C-]#[N+][C@H]1[C@@H]2Cc3cc(C)c(OC)c(O)c3[C@H](C3[C@@H]4SCC(=O)C(=O)OC[C@@H](c5c6c(c(C)c(O)c54)OCO6)N31)N2C. The number of benzene rings is 2. The fourth-order valence-corrected chi connectivity index (χ4v) is 8.94. The summed E-state index contributed by atoms with van der Waals surface area (Å²) in [5.74, 6) is -0.430. The van der Waals surface area contributed by atoms with Gasteiger partial charge in [-0.15, -0.1) is 11.8 Å². The van der Waals surface area contributed by atoms with Gasteiger partial charge in [0, 0.05) is 66.3 Å². The van der Waals surface area contributed by atoms with Crippen LogP contribution in [0.5, 0.6) is 28.7 Å². The van der Waals surface area contributed by atoms with Gasteiger partial charge in [0.05, 0.1) is 36.2 Å². The maximum Gasteiger partial charge on any atom is 0.375 e. The molecule has 0 amide bonds. The second kappa shape index (κ2) is 10.7. The van der Waals surface area contributed by atoms with Gasteiger partial charge in [-0.25, -0.2) is 16.3 Å². The van der Waals surface area contributed by atoms with E-state index in [1.165, 1.54) is 18.9 Å². The van der Waals surface area contributed by atoms with E-state index in [1.807, 2.05) is 20.0 Å². The summed E-state index contributed by atoms with van der Waals surface area (Å²) in [4.78, 5) is 33.7. The summed E-state index contributed by atoms with van der Waals surface area (Å²) in [6.45, 7) is 11.8. The number of hydrogen-bond acceptors (Lipinski definition) is 11. The first-order chi connectivity index (χ1) is 19.7. The van der Waals surface area contributed by atoms with Crippen molar-refractivity contribution < 1.29 is 82.8 Å². The molecule has 6 atom stereocenters. The molecule has 2 N–H and O–H groups in total. The number of thioether (sulfide) groups is 1. The largest absolute Gasteiger partial charge is 0.507 e. The minimum Gasteiger partial charge on any atom is -0.507 e. The number of likely N-dealkylation sites (N-methyl/N-ethyl adjacent to an activating group) is 1. The third kappa shape index (κ3) is 3.95. The fraction of sp³-hybridized carbons (Fsp3) is 0.483. The first-order valence-electron chi connectivity index (χ1n) is 13.4. The van der Waals surface area contributed by atoms with Crippen LogP contribution in [0.1, 0.15) is 50.7 Å². The van der Waals surface area contributed by atoms with E-state index in [9.17, 15) is 19.8 Å². The molecule has 0 aromatic heterocycles. The molecule has 5 aliphatic heterocycles. The summed E-state index contributed by atoms with van der Waals surface area (Å²) in [7, 11) is 3.47. The number of nitrogens with zero attached hydrogens (tertiary/aromatic N) is 3. The number of methoxy groups -OCH3 is 1. The first kappa shape index (κ1) is 29.8. The van der Waals surface area contributed by atoms with Gasteiger partial charge in [-0.1, -0.05) is 6.07 Å². The zero-order chi connectivity index (χ0) is 28.9. The van der Waals surface area contributed by atoms with Crippen LogP contribution in [0, 0.1) is 64.5 Å². The van der Waals surface area contributed by atoms with Crippen molar-refractivity contribution in [1.29, 1.82) is 0 Å². The van der Waals surface area contributed by atoms with Gasteiger partial charge in [0.25, 0.3) is 6.17 Å². The van der Waals surface area contributed by atoms with E-state index in [-0.39, 0.29) is 80.8 Å². The molecule has 1 unspecified atom stereocenters. The Morgan fingerprint density at radius 2 is 1.83 bits per heavy atom. The molecular formula is C29H29AcN3O8S. The van der Waals surface area contributed by atoms with Crippen LogP contribution in [-0.4, -0.2) is 83.3 Å². The molecule has 4 bridgehead atoms. The van der Waals surface area contributed by atoms with Gasteiger partial charge in [0.2, 0.25) is 12.6 Å². The van der Waals surface area contributed by atoms with E-state index in [0.29, 0.717) is 45.9 Å². The van der Waals surface area contributed by atoms with Crippen LogP contribution in [0.4, 0.5) is 0 Å². The second-order valence-electron chi connectivity index (χ2n) is 11.1. The topological polar surface area (TPSA) is 122 Å². The minimum atomic E-state index is -0.926. The van der Waals surface area contributed by atoms with Crippen LogP contribution in [0.25, 0.3) is 4.85 Å². The molecule has 11 nitrogen and oxygen atoms in total. The van der Waals surface area contributed by atoms with Crippen LogP contribution in [-0.2, 0) is 20.7 Å². The van der Waals surface area contributed by atoms with Crippen molar-refractivity contribution in [1.82, 2.24) is 9.80 Å². The Kier molecular flexibility index (Phi) is 7.63. The standard InChI is InChI=1S/C29H29N3O8S.Ac/c1-11-6-13-7-14-28(30-3)32-15-8-38-29(36)16(33)9-41-27(19-18(15)26-25(39-10-40-26)12(2)22(19)34)21(32)20(31(14)4)17(13)23(35)24(11)37-5;/h6,14-15,20-21,27-28,34-35H,7-10H2,1-2,4-5H3;/t14-,15-,20+,21?,27+,28+;/m0./s1. The first-order valence-corrected chi connectivity index (χ1v) is 14.5. The third-order valence-corrected chi connectivity index (χ3v) is 10.6. The number of phenols is 2. The molecule has 42 heavy (non-hydrogen) atoms. The molecule has 7 rings (SSSR count). The van der Waals surface area contributed by atoms with E-state index in [4.69, 9.17) is 25.5 Å². The monoisotopic (exact) mass is 806 g/mol. The number of Topliss-reactive ketones (excluding diaryl/α,β-unsaturated/α-hetero) is 1. The van der Waals surface area contributed by atoms with E-state index in [0.717, 1.165) is 11.1 Å². The molecule has 2 saturated heterocycles. The van der Waals surface area contributed by atoms with Crippen molar-refractivity contribution in [3.63, 3.8) is 0 Å². The maximum atomic E-state index is 12.8. The van der Waals surface area contributed by atoms with Gasteiger partial charge in [-0.3, -0.25) is 14.5 Å². The molecule has 2 fully saturated rings. The van der Waals surface area contributed by atoms with E-state index >= 15 is 0 Å². The van der Waals surface area contributed by atoms with Gasteiger partial charge in [0.15, 0.2) is 23.0 Å². The van der Waals surface area contributed by atoms with Crippen LogP contribution >= 0.6 is 11.8 Å². The number of aromatic hydroxyl groups is 2. The molecule has 5 aliphatic rings. The number of rotatable bonds is 1. The number of carbonyl (C=O) groups is 2. The Morgan fingerprint density at radius 3 is 2.55 bits per heavy atom. The quantitative estimate of drug-likeness (QED) is 0.252. The van der Waals surface area contributed by atoms with Crippen molar-refractivity contribution in [2.75, 3.05) is 33.3 Å². The predicted octanol–water partition coefficient (Wildman–Crippen LogP) is 2.93. The zero-order valence-electron chi connectivity index (χ0n) is 23.5. The Labute approximate surface area is 282 Å². The number of esters is 1. The number of piperazine rings is 1. The summed E-state index contributed by atoms with van der Waals surface area (Å²) < 4.78 is 22.9. The second-order valence-corrected chi connectivity index (χ2v) is 12.3. The van der Waals surface area contributed by atoms with Gasteiger partial charge >= 0.3 is 5.97 Å². The zero-order valence-corrected chi connectivity index (χ0v) is 29.1. The molecule has 2 aromatic carbocycles. The van der Waals surface area contributed by atoms with Crippen molar-refractivity contribution >= 4 is 23.5 Å². The number of hydrogen-bond donors (Lipinski definition) is 2. The van der Waals surface area contributed by atoms with Gasteiger partial charge in [0.1, 0.15) is 18.4 Å². The predicted molar refractivity (Wildman–Crippen MR) is 146 cm³/mol. The molecule has 1 radical (unpaired) electrons. The number of ketones is 1. The Hall–Kier alpha value is -2.22. The number of fused-ring (bicyclic) bond motifs is 9. The Bertz CT molecular complexity index is 1580. The van der Waals surface area contributed by atoms with Crippen LogP contribution in [0.3, 0.4) is 0 Å². The van der Waals surface area contributed by atoms with Crippen molar-refractivity contribution in [3.8, 4) is 28.7 Å². The van der Waals surface area contributed by atoms with Crippen molar-refractivity contribution in [3.05, 3.63) is 50.9 Å². The van der Waals surface area contributed by atoms with E-state index < -0.39 is 41.3 Å². The van der Waals surface area contributed by atoms with Crippen molar-refractivity contribution in [2.24, 2.45) is 0 Å². The molecule has 0 saturated carbocycles. The summed E-state index contributed by atoms with van der Waals surface area (Å²) in [6, 6.07) is 0.137. The minimum absolute atomic E-state index is 0. The summed E-state index contributed by atoms with van der Waals surface area (Å²) in [6.07, 6.45) is -0.140. The number of cyclic esters (lactones) is 1. The summed E-state index contributed by atoms with van der Waals surface area (Å²) >= 11 is 1.23. The molecule has 0 spiro atoms. The number of aryl methyl sites for hydroxylation is 1. The number of carbonyl (C=O) groups excluding carboxylic acids is 2. The molecule has 217 valence electrons. The summed E-state index contributed by atoms with van der Waals surface area (Å²) in [5.41, 5.74) is 4.15. The molecule has 13 heteroatoms. The van der Waals surface area contributed by atoms with Crippen molar-refractivity contribution in [2.45, 2.75) is 55.9 Å². The number of ether oxygens (including phenoxy) is 4. The average Bonchev–Trinajstić information content (AvgIpc) is 3.44. The van der Waals surface area contributed by atoms with E-state index in [2.05, 4.69) is 14.6 Å². The normalized spacial score (nSPS) is 29.4. The Balaban J connectivity index is 0.00000316. The van der Waals surface area contributed by atoms with Gasteiger partial charge in [-0.05, 0) is 38.4 Å². The van der Waals surface area contributed by atoms with E-state index in [1.54, 1.807) is 6.92 Å². The fourth-order valence-electron chi connectivity index (χ4n) is 7.60. The molecule has 2 aromatic rings. The number of phenolic OH excluding ortho intramolecular Hbond substituents is 2. The maximum absolute atomic E-state index is 12.8. The van der Waals surface area contributed by atoms with Crippen LogP contribution < -0.4 is 14.2 Å².